The summed E-state index contributed by atoms with van der Waals surface area (Å²) in [5.74, 6) is 0.895. The molecule has 19 heavy (non-hydrogen) atoms. The van der Waals surface area contributed by atoms with Crippen molar-refractivity contribution in [3.63, 3.8) is 0 Å². The zero-order valence-corrected chi connectivity index (χ0v) is 12.2. The molecule has 1 aromatic rings. The van der Waals surface area contributed by atoms with E-state index in [0.717, 1.165) is 45.1 Å². The molecule has 1 heterocycles. The highest BCUT2D eigenvalue weighted by Crippen LogP contribution is 2.08. The Morgan fingerprint density at radius 3 is 2.53 bits per heavy atom. The number of nitrogens with one attached hydrogen (secondary N) is 1. The zero-order valence-electron chi connectivity index (χ0n) is 12.2. The molecule has 1 rings (SSSR count). The third-order valence-electron chi connectivity index (χ3n) is 2.92. The Morgan fingerprint density at radius 2 is 1.95 bits per heavy atom. The normalized spacial score (nSPS) is 10.9. The highest BCUT2D eigenvalue weighted by molar-refractivity contribution is 5.34. The fraction of sp³-hybridized carbons (Fsp3) is 0.643. The summed E-state index contributed by atoms with van der Waals surface area (Å²) in [4.78, 5) is 6.69. The van der Waals surface area contributed by atoms with Gasteiger partial charge in [0.15, 0.2) is 0 Å². The lowest BCUT2D eigenvalue weighted by Gasteiger charge is -2.21. The first-order chi connectivity index (χ1) is 9.30. The van der Waals surface area contributed by atoms with Crippen molar-refractivity contribution in [1.29, 1.82) is 0 Å². The molecular formula is C14H25N3O2. The largest absolute Gasteiger partial charge is 0.385 e. The Labute approximate surface area is 115 Å². The van der Waals surface area contributed by atoms with Crippen molar-refractivity contribution in [1.82, 2.24) is 9.88 Å². The SMILES string of the molecule is CNc1ccc(CN(CCCOC)CCOC)cn1. The highest BCUT2D eigenvalue weighted by Gasteiger charge is 2.06. The lowest BCUT2D eigenvalue weighted by atomic mass is 10.2. The molecule has 108 valence electrons. The van der Waals surface area contributed by atoms with Crippen molar-refractivity contribution < 1.29 is 9.47 Å². The molecule has 5 nitrogen and oxygen atoms in total. The van der Waals surface area contributed by atoms with Crippen LogP contribution in [0.4, 0.5) is 5.82 Å². The summed E-state index contributed by atoms with van der Waals surface area (Å²) in [5, 5.41) is 3.02. The van der Waals surface area contributed by atoms with Crippen molar-refractivity contribution in [2.75, 3.05) is 52.9 Å². The Kier molecular flexibility index (Phi) is 8.13. The smallest absolute Gasteiger partial charge is 0.125 e. The van der Waals surface area contributed by atoms with E-state index in [1.54, 1.807) is 14.2 Å². The summed E-state index contributed by atoms with van der Waals surface area (Å²) in [6, 6.07) is 4.11. The maximum atomic E-state index is 5.15. The molecule has 0 aliphatic rings. The van der Waals surface area contributed by atoms with Gasteiger partial charge in [-0.2, -0.15) is 0 Å². The number of methoxy groups -OCH3 is 2. The molecule has 0 saturated carbocycles. The van der Waals surface area contributed by atoms with Crippen molar-refractivity contribution >= 4 is 5.82 Å². The third kappa shape index (κ3) is 6.52. The molecule has 0 bridgehead atoms. The molecule has 1 N–H and O–H groups in total. The second-order valence-electron chi connectivity index (χ2n) is 4.42. The fourth-order valence-electron chi connectivity index (χ4n) is 1.85. The first-order valence-electron chi connectivity index (χ1n) is 6.63. The van der Waals surface area contributed by atoms with Crippen molar-refractivity contribution in [3.05, 3.63) is 23.9 Å². The number of aromatic nitrogens is 1. The van der Waals surface area contributed by atoms with Crippen LogP contribution < -0.4 is 5.32 Å². The number of ether oxygens (including phenoxy) is 2. The average Bonchev–Trinajstić information content (AvgIpc) is 2.45. The van der Waals surface area contributed by atoms with E-state index in [2.05, 4.69) is 21.3 Å². The van der Waals surface area contributed by atoms with Crippen molar-refractivity contribution in [2.24, 2.45) is 0 Å². The molecule has 0 saturated heterocycles. The van der Waals surface area contributed by atoms with E-state index in [0.29, 0.717) is 0 Å². The molecule has 5 heteroatoms. The van der Waals surface area contributed by atoms with Crippen LogP contribution in [0.15, 0.2) is 18.3 Å². The van der Waals surface area contributed by atoms with Crippen LogP contribution in [-0.4, -0.2) is 57.5 Å². The molecule has 0 amide bonds. The topological polar surface area (TPSA) is 46.6 Å². The number of hydrogen-bond donors (Lipinski definition) is 1. The lowest BCUT2D eigenvalue weighted by Crippen LogP contribution is -2.28. The van der Waals surface area contributed by atoms with Crippen LogP contribution in [0.25, 0.3) is 0 Å². The molecule has 0 radical (unpaired) electrons. The van der Waals surface area contributed by atoms with Gasteiger partial charge in [0.2, 0.25) is 0 Å². The number of hydrogen-bond acceptors (Lipinski definition) is 5. The van der Waals surface area contributed by atoms with Gasteiger partial charge in [-0.05, 0) is 18.1 Å². The Balaban J connectivity index is 2.48. The van der Waals surface area contributed by atoms with Crippen molar-refractivity contribution in [2.45, 2.75) is 13.0 Å². The summed E-state index contributed by atoms with van der Waals surface area (Å²) >= 11 is 0. The van der Waals surface area contributed by atoms with Gasteiger partial charge < -0.3 is 14.8 Å². The number of pyridine rings is 1. The van der Waals surface area contributed by atoms with Crippen LogP contribution in [0.2, 0.25) is 0 Å². The van der Waals surface area contributed by atoms with Crippen LogP contribution in [-0.2, 0) is 16.0 Å². The molecule has 0 aromatic carbocycles. The summed E-state index contributed by atoms with van der Waals surface area (Å²) in [6.45, 7) is 4.36. The van der Waals surface area contributed by atoms with E-state index in [-0.39, 0.29) is 0 Å². The minimum atomic E-state index is 0.745. The molecule has 0 atom stereocenters. The summed E-state index contributed by atoms with van der Waals surface area (Å²) < 4.78 is 10.3. The molecule has 0 aliphatic carbocycles. The highest BCUT2D eigenvalue weighted by atomic mass is 16.5. The van der Waals surface area contributed by atoms with E-state index < -0.39 is 0 Å². The Hall–Kier alpha value is -1.17. The summed E-state index contributed by atoms with van der Waals surface area (Å²) in [5.41, 5.74) is 1.22. The van der Waals surface area contributed by atoms with E-state index in [1.807, 2.05) is 19.3 Å². The second-order valence-corrected chi connectivity index (χ2v) is 4.42. The van der Waals surface area contributed by atoms with Gasteiger partial charge in [-0.1, -0.05) is 6.07 Å². The Bertz CT molecular complexity index is 330. The third-order valence-corrected chi connectivity index (χ3v) is 2.92. The van der Waals surface area contributed by atoms with Gasteiger partial charge in [-0.25, -0.2) is 4.98 Å². The fourth-order valence-corrected chi connectivity index (χ4v) is 1.85. The molecule has 0 aliphatic heterocycles. The minimum Gasteiger partial charge on any atom is -0.385 e. The van der Waals surface area contributed by atoms with Gasteiger partial charge in [0.1, 0.15) is 5.82 Å². The minimum absolute atomic E-state index is 0.745. The maximum Gasteiger partial charge on any atom is 0.125 e. The predicted octanol–water partition coefficient (Wildman–Crippen LogP) is 1.61. The van der Waals surface area contributed by atoms with E-state index in [9.17, 15) is 0 Å². The maximum absolute atomic E-state index is 5.15. The first kappa shape index (κ1) is 15.9. The molecule has 0 spiro atoms. The van der Waals surface area contributed by atoms with Gasteiger partial charge >= 0.3 is 0 Å². The van der Waals surface area contributed by atoms with E-state index in [4.69, 9.17) is 9.47 Å². The van der Waals surface area contributed by atoms with Crippen LogP contribution in [0.5, 0.6) is 0 Å². The van der Waals surface area contributed by atoms with Gasteiger partial charge in [0.05, 0.1) is 6.61 Å². The van der Waals surface area contributed by atoms with E-state index in [1.165, 1.54) is 5.56 Å². The molecule has 1 aromatic heterocycles. The van der Waals surface area contributed by atoms with Crippen LogP contribution >= 0.6 is 0 Å². The number of anilines is 1. The van der Waals surface area contributed by atoms with Gasteiger partial charge in [0, 0.05) is 53.7 Å². The van der Waals surface area contributed by atoms with Crippen LogP contribution in [0.1, 0.15) is 12.0 Å². The van der Waals surface area contributed by atoms with Gasteiger partial charge in [-0.3, -0.25) is 4.90 Å². The van der Waals surface area contributed by atoms with Gasteiger partial charge in [0.25, 0.3) is 0 Å². The van der Waals surface area contributed by atoms with E-state index >= 15 is 0 Å². The van der Waals surface area contributed by atoms with Crippen LogP contribution in [0, 0.1) is 0 Å². The monoisotopic (exact) mass is 267 g/mol. The van der Waals surface area contributed by atoms with Crippen LogP contribution in [0.3, 0.4) is 0 Å². The molecule has 0 unspecified atom stereocenters. The van der Waals surface area contributed by atoms with Gasteiger partial charge in [-0.15, -0.1) is 0 Å². The molecule has 0 fully saturated rings. The number of rotatable bonds is 10. The second kappa shape index (κ2) is 9.72. The Morgan fingerprint density at radius 1 is 1.16 bits per heavy atom. The summed E-state index contributed by atoms with van der Waals surface area (Å²) in [7, 11) is 5.34. The lowest BCUT2D eigenvalue weighted by molar-refractivity contribution is 0.129. The quantitative estimate of drug-likeness (QED) is 0.653. The number of nitrogens with zero attached hydrogens (tertiary/aromatic N) is 2. The summed E-state index contributed by atoms with van der Waals surface area (Å²) in [6.07, 6.45) is 2.95. The first-order valence-corrected chi connectivity index (χ1v) is 6.63. The van der Waals surface area contributed by atoms with Crippen molar-refractivity contribution in [3.8, 4) is 0 Å². The standard InChI is InChI=1S/C14H25N3O2/c1-15-14-6-5-13(11-16-14)12-17(8-10-19-3)7-4-9-18-2/h5-6,11H,4,7-10,12H2,1-3H3,(H,15,16). The zero-order chi connectivity index (χ0) is 13.9. The predicted molar refractivity (Wildman–Crippen MR) is 77.4 cm³/mol. The average molecular weight is 267 g/mol. The molecular weight excluding hydrogens is 242 g/mol.